The van der Waals surface area contributed by atoms with Gasteiger partial charge in [0.25, 0.3) is 0 Å². The van der Waals surface area contributed by atoms with Crippen LogP contribution in [0.15, 0.2) is 42.5 Å². The molecule has 4 heteroatoms. The van der Waals surface area contributed by atoms with Crippen LogP contribution in [0.5, 0.6) is 17.2 Å². The number of phenols is 1. The van der Waals surface area contributed by atoms with Crippen LogP contribution in [0.3, 0.4) is 0 Å². The van der Waals surface area contributed by atoms with E-state index in [4.69, 9.17) is 9.47 Å². The third-order valence-electron chi connectivity index (χ3n) is 3.57. The molecule has 1 N–H and O–H groups in total. The minimum absolute atomic E-state index is 0.0114. The fourth-order valence-corrected chi connectivity index (χ4v) is 2.36. The smallest absolute Gasteiger partial charge is 0.201 e. The zero-order valence-corrected chi connectivity index (χ0v) is 14.2. The average Bonchev–Trinajstić information content (AvgIpc) is 2.60. The Bertz CT molecular complexity index is 733. The van der Waals surface area contributed by atoms with Crippen LogP contribution in [-0.2, 0) is 0 Å². The number of carbonyl (C=O) groups excluding carboxylic acids is 1. The van der Waals surface area contributed by atoms with Crippen molar-refractivity contribution >= 4 is 11.9 Å². The first-order valence-corrected chi connectivity index (χ1v) is 7.98. The molecular formula is C20H22O4. The van der Waals surface area contributed by atoms with E-state index in [-0.39, 0.29) is 11.5 Å². The van der Waals surface area contributed by atoms with Crippen LogP contribution in [0.25, 0.3) is 6.08 Å². The van der Waals surface area contributed by atoms with Crippen LogP contribution in [0.2, 0.25) is 0 Å². The lowest BCUT2D eigenvalue weighted by Crippen LogP contribution is -2.00. The lowest BCUT2D eigenvalue weighted by Gasteiger charge is -2.15. The molecule has 0 unspecified atom stereocenters. The van der Waals surface area contributed by atoms with Crippen LogP contribution in [0.1, 0.15) is 35.3 Å². The van der Waals surface area contributed by atoms with Crippen LogP contribution in [0.4, 0.5) is 0 Å². The first-order valence-electron chi connectivity index (χ1n) is 7.98. The summed E-state index contributed by atoms with van der Waals surface area (Å²) in [5.41, 5.74) is 2.15. The van der Waals surface area contributed by atoms with Gasteiger partial charge in [-0.2, -0.15) is 0 Å². The summed E-state index contributed by atoms with van der Waals surface area (Å²) in [6.07, 6.45) is 3.23. The Labute approximate surface area is 142 Å². The van der Waals surface area contributed by atoms with E-state index in [0.717, 1.165) is 11.1 Å². The molecule has 0 bridgehead atoms. The summed E-state index contributed by atoms with van der Waals surface area (Å²) in [5.74, 6) is 0.635. The van der Waals surface area contributed by atoms with Crippen molar-refractivity contribution in [1.29, 1.82) is 0 Å². The van der Waals surface area contributed by atoms with Gasteiger partial charge in [-0.3, -0.25) is 4.79 Å². The number of ether oxygens (including phenoxy) is 2. The number of phenolic OH excluding ortho intramolecular Hbond substituents is 1. The molecule has 24 heavy (non-hydrogen) atoms. The molecule has 0 aliphatic rings. The summed E-state index contributed by atoms with van der Waals surface area (Å²) in [7, 11) is 0. The minimum atomic E-state index is -0.0843. The molecule has 0 fully saturated rings. The maximum atomic E-state index is 12.2. The highest BCUT2D eigenvalue weighted by molar-refractivity contribution is 6.06. The van der Waals surface area contributed by atoms with Crippen molar-refractivity contribution < 1.29 is 19.4 Å². The standard InChI is InChI=1S/C20H22O4/c1-4-23-18-13-16(14(3)20(19(18)22)24-5-2)11-12-17(21)15-9-7-6-8-10-15/h6-13,22H,4-5H2,1-3H3/b12-11+. The van der Waals surface area contributed by atoms with Crippen molar-refractivity contribution in [3.8, 4) is 17.2 Å². The summed E-state index contributed by atoms with van der Waals surface area (Å²) in [6.45, 7) is 6.38. The van der Waals surface area contributed by atoms with Gasteiger partial charge in [0, 0.05) is 11.1 Å². The minimum Gasteiger partial charge on any atom is -0.502 e. The summed E-state index contributed by atoms with van der Waals surface area (Å²) >= 11 is 0. The number of hydrogen-bond acceptors (Lipinski definition) is 4. The molecule has 0 aromatic heterocycles. The molecule has 2 rings (SSSR count). The molecule has 0 spiro atoms. The van der Waals surface area contributed by atoms with E-state index in [1.54, 1.807) is 24.3 Å². The highest BCUT2D eigenvalue weighted by Gasteiger charge is 2.16. The lowest BCUT2D eigenvalue weighted by atomic mass is 10.0. The van der Waals surface area contributed by atoms with Crippen LogP contribution >= 0.6 is 0 Å². The number of ketones is 1. The second kappa shape index (κ2) is 8.20. The molecule has 0 heterocycles. The number of carbonyl (C=O) groups is 1. The van der Waals surface area contributed by atoms with Crippen molar-refractivity contribution in [3.63, 3.8) is 0 Å². The van der Waals surface area contributed by atoms with Crippen LogP contribution < -0.4 is 9.47 Å². The average molecular weight is 326 g/mol. The number of hydrogen-bond donors (Lipinski definition) is 1. The van der Waals surface area contributed by atoms with Gasteiger partial charge in [0.1, 0.15) is 0 Å². The predicted octanol–water partition coefficient (Wildman–Crippen LogP) is 4.39. The molecule has 0 aliphatic heterocycles. The first kappa shape index (κ1) is 17.6. The zero-order valence-electron chi connectivity index (χ0n) is 14.2. The molecule has 0 saturated heterocycles. The Kier molecular flexibility index (Phi) is 6.01. The maximum Gasteiger partial charge on any atom is 0.201 e. The highest BCUT2D eigenvalue weighted by Crippen LogP contribution is 2.41. The van der Waals surface area contributed by atoms with E-state index in [1.165, 1.54) is 6.08 Å². The lowest BCUT2D eigenvalue weighted by molar-refractivity contribution is 0.104. The molecule has 0 atom stereocenters. The second-order valence-corrected chi connectivity index (χ2v) is 5.20. The van der Waals surface area contributed by atoms with E-state index < -0.39 is 0 Å². The Morgan fingerprint density at radius 2 is 1.79 bits per heavy atom. The number of allylic oxidation sites excluding steroid dienone is 1. The molecule has 126 valence electrons. The summed E-state index contributed by atoms with van der Waals surface area (Å²) < 4.78 is 11.0. The van der Waals surface area contributed by atoms with Gasteiger partial charge >= 0.3 is 0 Å². The number of rotatable bonds is 7. The fraction of sp³-hybridized carbons (Fsp3) is 0.250. The van der Waals surface area contributed by atoms with Crippen molar-refractivity contribution in [2.75, 3.05) is 13.2 Å². The number of benzene rings is 2. The van der Waals surface area contributed by atoms with Gasteiger partial charge < -0.3 is 14.6 Å². The second-order valence-electron chi connectivity index (χ2n) is 5.20. The largest absolute Gasteiger partial charge is 0.502 e. The van der Waals surface area contributed by atoms with Crippen molar-refractivity contribution in [2.45, 2.75) is 20.8 Å². The van der Waals surface area contributed by atoms with E-state index in [9.17, 15) is 9.90 Å². The predicted molar refractivity (Wildman–Crippen MR) is 95.0 cm³/mol. The Balaban J connectivity index is 2.38. The van der Waals surface area contributed by atoms with Crippen LogP contribution in [0, 0.1) is 6.92 Å². The molecule has 0 amide bonds. The Morgan fingerprint density at radius 1 is 1.12 bits per heavy atom. The third kappa shape index (κ3) is 3.96. The third-order valence-corrected chi connectivity index (χ3v) is 3.57. The molecule has 0 saturated carbocycles. The molecule has 0 aliphatic carbocycles. The number of aromatic hydroxyl groups is 1. The van der Waals surface area contributed by atoms with Gasteiger partial charge in [0.2, 0.25) is 5.75 Å². The molecule has 2 aromatic rings. The van der Waals surface area contributed by atoms with Gasteiger partial charge in [0.05, 0.1) is 13.2 Å². The van der Waals surface area contributed by atoms with E-state index in [0.29, 0.717) is 30.3 Å². The van der Waals surface area contributed by atoms with Gasteiger partial charge in [0.15, 0.2) is 17.3 Å². The van der Waals surface area contributed by atoms with Crippen molar-refractivity contribution in [1.82, 2.24) is 0 Å². The van der Waals surface area contributed by atoms with Gasteiger partial charge in [-0.25, -0.2) is 0 Å². The molecule has 2 aromatic carbocycles. The molecular weight excluding hydrogens is 304 g/mol. The topological polar surface area (TPSA) is 55.8 Å². The Hall–Kier alpha value is -2.75. The van der Waals surface area contributed by atoms with Crippen molar-refractivity contribution in [3.05, 3.63) is 59.2 Å². The summed E-state index contributed by atoms with van der Waals surface area (Å²) in [5, 5.41) is 10.3. The fourth-order valence-electron chi connectivity index (χ4n) is 2.36. The quantitative estimate of drug-likeness (QED) is 0.605. The van der Waals surface area contributed by atoms with E-state index in [2.05, 4.69) is 0 Å². The zero-order chi connectivity index (χ0) is 17.5. The van der Waals surface area contributed by atoms with E-state index >= 15 is 0 Å². The van der Waals surface area contributed by atoms with Gasteiger partial charge in [-0.05, 0) is 38.5 Å². The SMILES string of the molecule is CCOc1cc(/C=C/C(=O)c2ccccc2)c(C)c(OCC)c1O. The summed E-state index contributed by atoms with van der Waals surface area (Å²) in [6, 6.07) is 10.8. The Morgan fingerprint density at radius 3 is 2.42 bits per heavy atom. The van der Waals surface area contributed by atoms with Crippen molar-refractivity contribution in [2.24, 2.45) is 0 Å². The monoisotopic (exact) mass is 326 g/mol. The first-order chi connectivity index (χ1) is 11.6. The normalized spacial score (nSPS) is 10.8. The molecule has 4 nitrogen and oxygen atoms in total. The highest BCUT2D eigenvalue weighted by atomic mass is 16.5. The van der Waals surface area contributed by atoms with Gasteiger partial charge in [-0.15, -0.1) is 0 Å². The van der Waals surface area contributed by atoms with Crippen LogP contribution in [-0.4, -0.2) is 24.1 Å². The van der Waals surface area contributed by atoms with Gasteiger partial charge in [-0.1, -0.05) is 36.4 Å². The van der Waals surface area contributed by atoms with E-state index in [1.807, 2.05) is 39.0 Å². The molecule has 0 radical (unpaired) electrons. The summed E-state index contributed by atoms with van der Waals surface area (Å²) in [4.78, 5) is 12.2. The maximum absolute atomic E-state index is 12.2.